The molecule has 0 spiro atoms. The Hall–Kier alpha value is -2.83. The molecule has 7 nitrogen and oxygen atoms in total. The summed E-state index contributed by atoms with van der Waals surface area (Å²) in [6, 6.07) is 6.05. The fourth-order valence-electron chi connectivity index (χ4n) is 1.63. The van der Waals surface area contributed by atoms with Gasteiger partial charge >= 0.3 is 5.97 Å². The van der Waals surface area contributed by atoms with Crippen molar-refractivity contribution in [2.45, 2.75) is 13.8 Å². The van der Waals surface area contributed by atoms with E-state index in [1.165, 1.54) is 12.1 Å². The van der Waals surface area contributed by atoms with Crippen LogP contribution in [0.15, 0.2) is 28.8 Å². The summed E-state index contributed by atoms with van der Waals surface area (Å²) in [6.45, 7) is 3.23. The van der Waals surface area contributed by atoms with Crippen molar-refractivity contribution in [3.05, 3.63) is 41.1 Å². The largest absolute Gasteiger partial charge is 0.483 e. The first kappa shape index (κ1) is 14.6. The van der Waals surface area contributed by atoms with Crippen LogP contribution in [0.4, 0.5) is 5.88 Å². The van der Waals surface area contributed by atoms with Crippen molar-refractivity contribution < 1.29 is 24.0 Å². The van der Waals surface area contributed by atoms with E-state index in [4.69, 9.17) is 14.4 Å². The van der Waals surface area contributed by atoms with Gasteiger partial charge in [0.25, 0.3) is 5.91 Å². The summed E-state index contributed by atoms with van der Waals surface area (Å²) in [5, 5.41) is 15.0. The number of amides is 1. The average molecular weight is 290 g/mol. The summed E-state index contributed by atoms with van der Waals surface area (Å²) < 4.78 is 10.2. The minimum Gasteiger partial charge on any atom is -0.483 e. The Morgan fingerprint density at radius 1 is 1.33 bits per heavy atom. The third kappa shape index (κ3) is 3.82. The highest BCUT2D eigenvalue weighted by atomic mass is 16.5. The molecule has 21 heavy (non-hydrogen) atoms. The first-order valence-electron chi connectivity index (χ1n) is 6.15. The van der Waals surface area contributed by atoms with Crippen LogP contribution in [0, 0.1) is 13.8 Å². The van der Waals surface area contributed by atoms with Gasteiger partial charge in [-0.15, -0.1) is 0 Å². The number of aromatic nitrogens is 1. The van der Waals surface area contributed by atoms with Crippen LogP contribution in [0.5, 0.6) is 5.75 Å². The number of nitrogens with one attached hydrogen (secondary N) is 1. The Kier molecular flexibility index (Phi) is 4.22. The number of carbonyl (C=O) groups excluding carboxylic acids is 1. The Morgan fingerprint density at radius 2 is 2.10 bits per heavy atom. The number of rotatable bonds is 5. The van der Waals surface area contributed by atoms with Crippen LogP contribution < -0.4 is 10.1 Å². The number of nitrogens with zero attached hydrogens (tertiary/aromatic N) is 1. The predicted octanol–water partition coefficient (Wildman–Crippen LogP) is 2.01. The van der Waals surface area contributed by atoms with E-state index in [2.05, 4.69) is 10.5 Å². The number of hydrogen-bond donors (Lipinski definition) is 2. The number of aryl methyl sites for hydroxylation is 2. The van der Waals surface area contributed by atoms with Crippen LogP contribution in [-0.2, 0) is 4.79 Å². The van der Waals surface area contributed by atoms with E-state index in [0.29, 0.717) is 11.4 Å². The zero-order chi connectivity index (χ0) is 15.4. The van der Waals surface area contributed by atoms with E-state index in [-0.39, 0.29) is 18.1 Å². The van der Waals surface area contributed by atoms with Crippen LogP contribution in [0.25, 0.3) is 0 Å². The molecule has 0 bridgehead atoms. The molecule has 7 heteroatoms. The quantitative estimate of drug-likeness (QED) is 0.873. The maximum Gasteiger partial charge on any atom is 0.335 e. The SMILES string of the molecule is Cc1cc(NC(=O)COc2cc(C(=O)O)ccc2C)on1. The molecule has 0 saturated heterocycles. The zero-order valence-electron chi connectivity index (χ0n) is 11.5. The number of carbonyl (C=O) groups is 2. The molecule has 2 aromatic rings. The van der Waals surface area contributed by atoms with Crippen molar-refractivity contribution in [2.75, 3.05) is 11.9 Å². The first-order valence-corrected chi connectivity index (χ1v) is 6.15. The van der Waals surface area contributed by atoms with Gasteiger partial charge in [-0.2, -0.15) is 0 Å². The summed E-state index contributed by atoms with van der Waals surface area (Å²) in [7, 11) is 0. The highest BCUT2D eigenvalue weighted by Crippen LogP contribution is 2.19. The van der Waals surface area contributed by atoms with Crippen molar-refractivity contribution in [1.82, 2.24) is 5.16 Å². The molecule has 0 aliphatic rings. The van der Waals surface area contributed by atoms with Crippen LogP contribution in [0.3, 0.4) is 0 Å². The topological polar surface area (TPSA) is 102 Å². The lowest BCUT2D eigenvalue weighted by molar-refractivity contribution is -0.118. The van der Waals surface area contributed by atoms with Crippen molar-refractivity contribution in [3.63, 3.8) is 0 Å². The van der Waals surface area contributed by atoms with Crippen LogP contribution >= 0.6 is 0 Å². The lowest BCUT2D eigenvalue weighted by Gasteiger charge is -2.09. The number of ether oxygens (including phenoxy) is 1. The lowest BCUT2D eigenvalue weighted by Crippen LogP contribution is -2.20. The Labute approximate surface area is 120 Å². The minimum atomic E-state index is -1.05. The molecule has 110 valence electrons. The summed E-state index contributed by atoms with van der Waals surface area (Å²) in [6.07, 6.45) is 0. The van der Waals surface area contributed by atoms with Gasteiger partial charge in [0.15, 0.2) is 6.61 Å². The second kappa shape index (κ2) is 6.08. The fraction of sp³-hybridized carbons (Fsp3) is 0.214. The molecule has 1 aromatic heterocycles. The molecule has 1 aromatic carbocycles. The van der Waals surface area contributed by atoms with Crippen LogP contribution in [-0.4, -0.2) is 28.7 Å². The van der Waals surface area contributed by atoms with Gasteiger partial charge < -0.3 is 14.4 Å². The van der Waals surface area contributed by atoms with E-state index in [1.54, 1.807) is 26.0 Å². The smallest absolute Gasteiger partial charge is 0.335 e. The molecule has 2 N–H and O–H groups in total. The molecular weight excluding hydrogens is 276 g/mol. The van der Waals surface area contributed by atoms with E-state index >= 15 is 0 Å². The summed E-state index contributed by atoms with van der Waals surface area (Å²) in [5.74, 6) is -0.899. The van der Waals surface area contributed by atoms with Crippen LogP contribution in [0.2, 0.25) is 0 Å². The van der Waals surface area contributed by atoms with E-state index in [9.17, 15) is 9.59 Å². The maximum atomic E-state index is 11.7. The van der Waals surface area contributed by atoms with Gasteiger partial charge in [-0.3, -0.25) is 10.1 Å². The maximum absolute atomic E-state index is 11.7. The van der Waals surface area contributed by atoms with Crippen LogP contribution in [0.1, 0.15) is 21.6 Å². The molecule has 0 fully saturated rings. The number of carboxylic acid groups (broad SMARTS) is 1. The molecule has 1 heterocycles. The third-order valence-electron chi connectivity index (χ3n) is 2.68. The fourth-order valence-corrected chi connectivity index (χ4v) is 1.63. The molecule has 0 atom stereocenters. The van der Waals surface area contributed by atoms with Crippen molar-refractivity contribution >= 4 is 17.8 Å². The van der Waals surface area contributed by atoms with Crippen molar-refractivity contribution in [1.29, 1.82) is 0 Å². The number of hydrogen-bond acceptors (Lipinski definition) is 5. The van der Waals surface area contributed by atoms with Crippen molar-refractivity contribution in [2.24, 2.45) is 0 Å². The molecule has 0 unspecified atom stereocenters. The molecule has 0 aliphatic carbocycles. The normalized spacial score (nSPS) is 10.2. The molecule has 0 saturated carbocycles. The number of benzene rings is 1. The Bertz CT molecular complexity index is 678. The number of anilines is 1. The monoisotopic (exact) mass is 290 g/mol. The molecule has 0 radical (unpaired) electrons. The second-order valence-corrected chi connectivity index (χ2v) is 4.45. The highest BCUT2D eigenvalue weighted by molar-refractivity contribution is 5.91. The molecular formula is C14H14N2O5. The van der Waals surface area contributed by atoms with E-state index in [1.807, 2.05) is 0 Å². The summed E-state index contributed by atoms with van der Waals surface area (Å²) in [4.78, 5) is 22.6. The summed E-state index contributed by atoms with van der Waals surface area (Å²) in [5.41, 5.74) is 1.49. The predicted molar refractivity (Wildman–Crippen MR) is 73.5 cm³/mol. The minimum absolute atomic E-state index is 0.0990. The van der Waals surface area contributed by atoms with Gasteiger partial charge in [0.05, 0.1) is 11.3 Å². The number of aromatic carboxylic acids is 1. The third-order valence-corrected chi connectivity index (χ3v) is 2.68. The number of carboxylic acids is 1. The molecule has 2 rings (SSSR count). The van der Waals surface area contributed by atoms with Gasteiger partial charge in [-0.05, 0) is 31.5 Å². The van der Waals surface area contributed by atoms with Gasteiger partial charge in [-0.1, -0.05) is 11.2 Å². The molecule has 0 aliphatic heterocycles. The standard InChI is InChI=1S/C14H14N2O5/c1-8-3-4-10(14(18)19)6-11(8)20-7-12(17)15-13-5-9(2)16-21-13/h3-6H,7H2,1-2H3,(H,15,17)(H,18,19). The Morgan fingerprint density at radius 3 is 2.71 bits per heavy atom. The average Bonchev–Trinajstić information content (AvgIpc) is 2.82. The van der Waals surface area contributed by atoms with Gasteiger partial charge in [0.1, 0.15) is 5.75 Å². The van der Waals surface area contributed by atoms with Crippen molar-refractivity contribution in [3.8, 4) is 5.75 Å². The molecule has 1 amide bonds. The second-order valence-electron chi connectivity index (χ2n) is 4.45. The summed E-state index contributed by atoms with van der Waals surface area (Å²) >= 11 is 0. The Balaban J connectivity index is 1.97. The zero-order valence-corrected chi connectivity index (χ0v) is 11.5. The van der Waals surface area contributed by atoms with Gasteiger partial charge in [-0.25, -0.2) is 4.79 Å². The van der Waals surface area contributed by atoms with Gasteiger partial charge in [0.2, 0.25) is 5.88 Å². The first-order chi connectivity index (χ1) is 9.95. The van der Waals surface area contributed by atoms with E-state index < -0.39 is 11.9 Å². The van der Waals surface area contributed by atoms with E-state index in [0.717, 1.165) is 5.56 Å². The highest BCUT2D eigenvalue weighted by Gasteiger charge is 2.10. The lowest BCUT2D eigenvalue weighted by atomic mass is 10.1. The van der Waals surface area contributed by atoms with Gasteiger partial charge in [0, 0.05) is 6.07 Å².